The fraction of sp³-hybridized carbons (Fsp3) is 0. The summed E-state index contributed by atoms with van der Waals surface area (Å²) in [7, 11) is -4.15. The number of nitrogens with one attached hydrogen (secondary N) is 1. The van der Waals surface area contributed by atoms with E-state index in [0.717, 1.165) is 4.31 Å². The summed E-state index contributed by atoms with van der Waals surface area (Å²) in [6, 6.07) is 22.3. The van der Waals surface area contributed by atoms with Crippen molar-refractivity contribution in [1.29, 1.82) is 0 Å². The summed E-state index contributed by atoms with van der Waals surface area (Å²) in [6.45, 7) is 0. The lowest BCUT2D eigenvalue weighted by molar-refractivity contribution is 0.101. The van der Waals surface area contributed by atoms with Crippen LogP contribution in [0.1, 0.15) is 10.4 Å². The lowest BCUT2D eigenvalue weighted by Gasteiger charge is -2.23. The second-order valence-corrected chi connectivity index (χ2v) is 8.02. The van der Waals surface area contributed by atoms with Gasteiger partial charge < -0.3 is 11.1 Å². The number of carbonyl (C=O) groups excluding carboxylic acids is 1. The number of hydrogen-bond acceptors (Lipinski definition) is 4. The molecule has 0 spiro atoms. The van der Waals surface area contributed by atoms with Crippen LogP contribution in [0.2, 0.25) is 0 Å². The van der Waals surface area contributed by atoms with Gasteiger partial charge >= 0.3 is 0 Å². The average molecular weight is 412 g/mol. The Balaban J connectivity index is 2.06. The average Bonchev–Trinajstić information content (AvgIpc) is 2.69. The maximum atomic E-state index is 13.3. The zero-order valence-electron chi connectivity index (χ0n) is 14.6. The first-order chi connectivity index (χ1) is 13.4. The number of rotatable bonds is 5. The number of hydrogen-bond donors (Lipinski definition) is 2. The first-order valence-electron chi connectivity index (χ1n) is 8.26. The van der Waals surface area contributed by atoms with Crippen LogP contribution in [-0.4, -0.2) is 19.4 Å². The molecule has 0 unspecified atom stereocenters. The van der Waals surface area contributed by atoms with E-state index in [4.69, 9.17) is 18.0 Å². The second-order valence-electron chi connectivity index (χ2n) is 5.79. The molecule has 3 N–H and O–H groups in total. The number of thiocarbonyl (C=S) groups is 1. The zero-order chi connectivity index (χ0) is 20.1. The molecule has 0 atom stereocenters. The van der Waals surface area contributed by atoms with E-state index in [-0.39, 0.29) is 21.3 Å². The van der Waals surface area contributed by atoms with Gasteiger partial charge in [-0.25, -0.2) is 8.42 Å². The first kappa shape index (κ1) is 19.5. The van der Waals surface area contributed by atoms with Gasteiger partial charge in [0.1, 0.15) is 0 Å². The number of amides is 1. The number of nitrogens with two attached hydrogens (primary N) is 1. The highest BCUT2D eigenvalue weighted by Gasteiger charge is 2.31. The summed E-state index contributed by atoms with van der Waals surface area (Å²) < 4.78 is 27.4. The second kappa shape index (κ2) is 8.20. The van der Waals surface area contributed by atoms with Gasteiger partial charge in [-0.2, -0.15) is 4.31 Å². The highest BCUT2D eigenvalue weighted by molar-refractivity contribution is 7.93. The van der Waals surface area contributed by atoms with E-state index >= 15 is 0 Å². The topological polar surface area (TPSA) is 92.5 Å². The molecule has 0 aliphatic rings. The number of sulfonamides is 1. The van der Waals surface area contributed by atoms with Gasteiger partial charge in [0.05, 0.1) is 10.6 Å². The molecule has 6 nitrogen and oxygen atoms in total. The van der Waals surface area contributed by atoms with E-state index in [1.807, 2.05) is 0 Å². The minimum atomic E-state index is -4.15. The third-order valence-electron chi connectivity index (χ3n) is 3.86. The summed E-state index contributed by atoms with van der Waals surface area (Å²) >= 11 is 4.77. The molecule has 0 aliphatic carbocycles. The van der Waals surface area contributed by atoms with E-state index in [1.165, 1.54) is 24.3 Å². The Morgan fingerprint density at radius 1 is 0.857 bits per heavy atom. The molecule has 8 heteroatoms. The van der Waals surface area contributed by atoms with Crippen LogP contribution in [0.5, 0.6) is 0 Å². The molecular formula is C20H17N3O3S2. The summed E-state index contributed by atoms with van der Waals surface area (Å²) in [5, 5.41) is 2.80. The Bertz CT molecular complexity index is 1080. The zero-order valence-corrected chi connectivity index (χ0v) is 16.3. The van der Waals surface area contributed by atoms with Gasteiger partial charge in [-0.15, -0.1) is 0 Å². The Hall–Kier alpha value is -3.23. The van der Waals surface area contributed by atoms with Crippen molar-refractivity contribution in [3.63, 3.8) is 0 Å². The molecule has 3 aromatic carbocycles. The molecular weight excluding hydrogens is 394 g/mol. The van der Waals surface area contributed by atoms with Crippen LogP contribution in [0.3, 0.4) is 0 Å². The maximum absolute atomic E-state index is 13.3. The van der Waals surface area contributed by atoms with Gasteiger partial charge in [0.25, 0.3) is 15.9 Å². The van der Waals surface area contributed by atoms with Gasteiger partial charge in [0.15, 0.2) is 5.11 Å². The molecule has 28 heavy (non-hydrogen) atoms. The Labute approximate surface area is 168 Å². The van der Waals surface area contributed by atoms with Gasteiger partial charge in [0.2, 0.25) is 0 Å². The fourth-order valence-electron chi connectivity index (χ4n) is 2.58. The van der Waals surface area contributed by atoms with Gasteiger partial charge in [-0.05, 0) is 60.7 Å². The number of benzene rings is 3. The number of anilines is 2. The summed E-state index contributed by atoms with van der Waals surface area (Å²) in [5.74, 6) is -0.642. The molecule has 0 fully saturated rings. The van der Waals surface area contributed by atoms with E-state index in [0.29, 0.717) is 5.69 Å². The van der Waals surface area contributed by atoms with Crippen molar-refractivity contribution in [3.8, 4) is 0 Å². The highest BCUT2D eigenvalue weighted by Crippen LogP contribution is 2.26. The monoisotopic (exact) mass is 411 g/mol. The molecule has 3 rings (SSSR count). The maximum Gasteiger partial charge on any atom is 0.272 e. The van der Waals surface area contributed by atoms with Crippen molar-refractivity contribution in [2.45, 2.75) is 4.90 Å². The normalized spacial score (nSPS) is 10.9. The van der Waals surface area contributed by atoms with Crippen molar-refractivity contribution in [3.05, 3.63) is 90.5 Å². The highest BCUT2D eigenvalue weighted by atomic mass is 32.2. The molecule has 0 heterocycles. The molecule has 0 radical (unpaired) electrons. The van der Waals surface area contributed by atoms with Crippen LogP contribution in [0.4, 0.5) is 11.4 Å². The number of nitrogens with zero attached hydrogens (tertiary/aromatic N) is 1. The van der Waals surface area contributed by atoms with Gasteiger partial charge in [-0.1, -0.05) is 36.4 Å². The Morgan fingerprint density at radius 3 is 1.93 bits per heavy atom. The molecule has 0 bridgehead atoms. The molecule has 0 saturated carbocycles. The SMILES string of the molecule is NC(=S)Nc1ccc(S(=O)(=O)N(C(=O)c2ccccc2)c2ccccc2)cc1. The van der Waals surface area contributed by atoms with Crippen LogP contribution in [0.25, 0.3) is 0 Å². The molecule has 1 amide bonds. The molecule has 0 saturated heterocycles. The largest absolute Gasteiger partial charge is 0.376 e. The summed E-state index contributed by atoms with van der Waals surface area (Å²) in [4.78, 5) is 13.0. The smallest absolute Gasteiger partial charge is 0.272 e. The predicted molar refractivity (Wildman–Crippen MR) is 114 cm³/mol. The van der Waals surface area contributed by atoms with E-state index in [1.54, 1.807) is 60.7 Å². The van der Waals surface area contributed by atoms with Gasteiger partial charge in [0, 0.05) is 11.3 Å². The van der Waals surface area contributed by atoms with Crippen molar-refractivity contribution >= 4 is 44.6 Å². The molecule has 3 aromatic rings. The van der Waals surface area contributed by atoms with E-state index < -0.39 is 15.9 Å². The summed E-state index contributed by atoms with van der Waals surface area (Å²) in [6.07, 6.45) is 0. The van der Waals surface area contributed by atoms with Crippen LogP contribution >= 0.6 is 12.2 Å². The minimum absolute atomic E-state index is 0.0332. The van der Waals surface area contributed by atoms with Gasteiger partial charge in [-0.3, -0.25) is 4.79 Å². The van der Waals surface area contributed by atoms with Crippen LogP contribution in [0, 0.1) is 0 Å². The first-order valence-corrected chi connectivity index (χ1v) is 10.1. The third-order valence-corrected chi connectivity index (χ3v) is 5.68. The fourth-order valence-corrected chi connectivity index (χ4v) is 4.12. The standard InChI is InChI=1S/C20H17N3O3S2/c21-20(27)22-16-11-13-18(14-12-16)28(25,26)23(17-9-5-2-6-10-17)19(24)15-7-3-1-4-8-15/h1-14H,(H3,21,22,27). The molecule has 0 aliphatic heterocycles. The van der Waals surface area contributed by atoms with Crippen molar-refractivity contribution < 1.29 is 13.2 Å². The van der Waals surface area contributed by atoms with Crippen LogP contribution < -0.4 is 15.4 Å². The van der Waals surface area contributed by atoms with E-state index in [2.05, 4.69) is 5.32 Å². The third kappa shape index (κ3) is 4.19. The number of para-hydroxylation sites is 1. The Kier molecular flexibility index (Phi) is 5.72. The van der Waals surface area contributed by atoms with Crippen molar-refractivity contribution in [2.24, 2.45) is 5.73 Å². The summed E-state index contributed by atoms with van der Waals surface area (Å²) in [5.41, 5.74) is 6.49. The predicted octanol–water partition coefficient (Wildman–Crippen LogP) is 3.38. The number of carbonyl (C=O) groups is 1. The quantitative estimate of drug-likeness (QED) is 0.626. The molecule has 142 valence electrons. The lowest BCUT2D eigenvalue weighted by Crippen LogP contribution is -2.37. The van der Waals surface area contributed by atoms with Crippen molar-refractivity contribution in [1.82, 2.24) is 0 Å². The Morgan fingerprint density at radius 2 is 1.39 bits per heavy atom. The lowest BCUT2D eigenvalue weighted by atomic mass is 10.2. The molecule has 0 aromatic heterocycles. The van der Waals surface area contributed by atoms with Crippen molar-refractivity contribution in [2.75, 3.05) is 9.62 Å². The van der Waals surface area contributed by atoms with Crippen LogP contribution in [-0.2, 0) is 10.0 Å². The minimum Gasteiger partial charge on any atom is -0.376 e. The van der Waals surface area contributed by atoms with Crippen LogP contribution in [0.15, 0.2) is 89.8 Å². The van der Waals surface area contributed by atoms with E-state index in [9.17, 15) is 13.2 Å².